The summed E-state index contributed by atoms with van der Waals surface area (Å²) in [6.45, 7) is 1.09. The fourth-order valence-corrected chi connectivity index (χ4v) is 4.98. The fraction of sp³-hybridized carbons (Fsp3) is 0.219. The van der Waals surface area contributed by atoms with Gasteiger partial charge in [-0.2, -0.15) is 0 Å². The van der Waals surface area contributed by atoms with E-state index >= 15 is 0 Å². The van der Waals surface area contributed by atoms with Gasteiger partial charge in [-0.05, 0) is 47.9 Å². The van der Waals surface area contributed by atoms with Crippen LogP contribution in [0.25, 0.3) is 5.76 Å². The molecule has 42 heavy (non-hydrogen) atoms. The Kier molecular flexibility index (Phi) is 8.52. The lowest BCUT2D eigenvalue weighted by Crippen LogP contribution is -2.31. The second kappa shape index (κ2) is 12.6. The Bertz CT molecular complexity index is 1600. The maximum Gasteiger partial charge on any atom is 0.295 e. The number of methoxy groups -OCH3 is 2. The van der Waals surface area contributed by atoms with E-state index in [1.54, 1.807) is 30.7 Å². The van der Waals surface area contributed by atoms with Gasteiger partial charge in [0.15, 0.2) is 23.1 Å². The molecule has 1 atom stereocenters. The Hall–Kier alpha value is -5.12. The number of nitrogens with zero attached hydrogens (tertiary/aromatic N) is 3. The summed E-state index contributed by atoms with van der Waals surface area (Å²) in [5.41, 5.74) is 1.40. The Morgan fingerprint density at radius 1 is 0.952 bits per heavy atom. The highest BCUT2D eigenvalue weighted by Gasteiger charge is 2.46. The number of aromatic nitrogens is 2. The van der Waals surface area contributed by atoms with Gasteiger partial charge < -0.3 is 28.8 Å². The monoisotopic (exact) mass is 571 g/mol. The van der Waals surface area contributed by atoms with E-state index in [0.29, 0.717) is 36.6 Å². The van der Waals surface area contributed by atoms with E-state index in [-0.39, 0.29) is 23.4 Å². The second-order valence-corrected chi connectivity index (χ2v) is 9.68. The van der Waals surface area contributed by atoms with Gasteiger partial charge in [0.2, 0.25) is 0 Å². The fourth-order valence-electron chi connectivity index (χ4n) is 4.98. The third kappa shape index (κ3) is 5.83. The van der Waals surface area contributed by atoms with Gasteiger partial charge in [0.1, 0.15) is 12.4 Å². The number of rotatable bonds is 11. The number of imidazole rings is 1. The number of ketones is 1. The number of amides is 1. The van der Waals surface area contributed by atoms with Crippen molar-refractivity contribution in [3.8, 4) is 17.2 Å². The average Bonchev–Trinajstić information content (AvgIpc) is 3.62. The first-order valence-corrected chi connectivity index (χ1v) is 13.3. The van der Waals surface area contributed by atoms with Crippen LogP contribution in [-0.4, -0.2) is 52.0 Å². The number of halogens is 1. The van der Waals surface area contributed by atoms with Gasteiger partial charge in [-0.3, -0.25) is 9.59 Å². The highest BCUT2D eigenvalue weighted by molar-refractivity contribution is 6.46. The molecule has 1 unspecified atom stereocenters. The molecule has 1 aliphatic rings. The largest absolute Gasteiger partial charge is 0.507 e. The summed E-state index contributed by atoms with van der Waals surface area (Å²) in [7, 11) is 2.82. The summed E-state index contributed by atoms with van der Waals surface area (Å²) in [6, 6.07) is 17.7. The standard InChI is InChI=1S/C32H30FN3O6/c1-40-25-11-10-23(17-24(25)33)30(37)28-29(36(32(39)31(28)38)15-6-14-35-16-13-34-20-35)22-9-12-26(27(18-22)41-2)42-19-21-7-4-3-5-8-21/h3-5,7-13,16-18,20,29,37H,6,14-15,19H2,1-2H3/b30-28+. The van der Waals surface area contributed by atoms with E-state index in [1.165, 1.54) is 31.3 Å². The third-order valence-corrected chi connectivity index (χ3v) is 7.08. The molecule has 0 saturated carbocycles. The smallest absolute Gasteiger partial charge is 0.295 e. The first-order chi connectivity index (χ1) is 20.4. The number of benzene rings is 3. The van der Waals surface area contributed by atoms with Crippen molar-refractivity contribution in [1.29, 1.82) is 0 Å². The van der Waals surface area contributed by atoms with E-state index in [2.05, 4.69) is 4.98 Å². The number of carbonyl (C=O) groups excluding carboxylic acids is 2. The molecule has 1 saturated heterocycles. The molecule has 1 amide bonds. The molecule has 1 aromatic heterocycles. The van der Waals surface area contributed by atoms with E-state index in [1.807, 2.05) is 41.1 Å². The maximum absolute atomic E-state index is 14.5. The number of aliphatic hydroxyl groups excluding tert-OH is 1. The van der Waals surface area contributed by atoms with Crippen LogP contribution in [0.3, 0.4) is 0 Å². The minimum atomic E-state index is -0.949. The van der Waals surface area contributed by atoms with Crippen molar-refractivity contribution in [2.75, 3.05) is 20.8 Å². The van der Waals surface area contributed by atoms with Crippen molar-refractivity contribution in [3.05, 3.63) is 114 Å². The van der Waals surface area contributed by atoms with Gasteiger partial charge in [-0.1, -0.05) is 36.4 Å². The number of aryl methyl sites for hydroxylation is 1. The molecule has 3 aromatic carbocycles. The topological polar surface area (TPSA) is 103 Å². The lowest BCUT2D eigenvalue weighted by atomic mass is 9.94. The molecule has 4 aromatic rings. The van der Waals surface area contributed by atoms with Crippen LogP contribution in [-0.2, 0) is 22.7 Å². The van der Waals surface area contributed by atoms with E-state index in [4.69, 9.17) is 14.2 Å². The SMILES string of the molecule is COc1ccc(/C(O)=C2\C(=O)C(=O)N(CCCn3ccnc3)C2c2ccc(OCc3ccccc3)c(OC)c2)cc1F. The van der Waals surface area contributed by atoms with Crippen molar-refractivity contribution < 1.29 is 33.3 Å². The summed E-state index contributed by atoms with van der Waals surface area (Å²) >= 11 is 0. The minimum absolute atomic E-state index is 0.0149. The molecule has 0 spiro atoms. The van der Waals surface area contributed by atoms with Gasteiger partial charge >= 0.3 is 0 Å². The molecule has 0 aliphatic carbocycles. The van der Waals surface area contributed by atoms with Crippen LogP contribution in [0.15, 0.2) is 91.0 Å². The Labute approximate surface area is 242 Å². The third-order valence-electron chi connectivity index (χ3n) is 7.08. The quantitative estimate of drug-likeness (QED) is 0.151. The molecule has 0 radical (unpaired) electrons. The number of carbonyl (C=O) groups is 2. The zero-order valence-corrected chi connectivity index (χ0v) is 23.2. The van der Waals surface area contributed by atoms with Crippen LogP contribution in [0.5, 0.6) is 17.2 Å². The summed E-state index contributed by atoms with van der Waals surface area (Å²) in [5, 5.41) is 11.3. The summed E-state index contributed by atoms with van der Waals surface area (Å²) in [5.74, 6) is -1.97. The first-order valence-electron chi connectivity index (χ1n) is 13.3. The summed E-state index contributed by atoms with van der Waals surface area (Å²) < 4.78 is 33.0. The lowest BCUT2D eigenvalue weighted by Gasteiger charge is -2.26. The van der Waals surface area contributed by atoms with Crippen LogP contribution in [0.2, 0.25) is 0 Å². The van der Waals surface area contributed by atoms with Gasteiger partial charge in [0.25, 0.3) is 11.7 Å². The van der Waals surface area contributed by atoms with E-state index in [0.717, 1.165) is 11.6 Å². The Morgan fingerprint density at radius 2 is 1.71 bits per heavy atom. The number of aliphatic hydroxyl groups is 1. The number of Topliss-reactive ketones (excluding diaryl/α,β-unsaturated/α-hetero) is 1. The molecule has 0 bridgehead atoms. The normalized spacial score (nSPS) is 16.1. The van der Waals surface area contributed by atoms with Crippen LogP contribution < -0.4 is 14.2 Å². The minimum Gasteiger partial charge on any atom is -0.507 e. The lowest BCUT2D eigenvalue weighted by molar-refractivity contribution is -0.139. The molecular formula is C32H30FN3O6. The van der Waals surface area contributed by atoms with Gasteiger partial charge in [0.05, 0.1) is 32.2 Å². The van der Waals surface area contributed by atoms with E-state index in [9.17, 15) is 19.1 Å². The highest BCUT2D eigenvalue weighted by Crippen LogP contribution is 2.42. The van der Waals surface area contributed by atoms with Crippen molar-refractivity contribution in [3.63, 3.8) is 0 Å². The second-order valence-electron chi connectivity index (χ2n) is 9.68. The molecule has 10 heteroatoms. The molecule has 1 fully saturated rings. The number of ether oxygens (including phenoxy) is 3. The van der Waals surface area contributed by atoms with Crippen molar-refractivity contribution in [2.45, 2.75) is 25.6 Å². The number of likely N-dealkylation sites (tertiary alicyclic amines) is 1. The Morgan fingerprint density at radius 3 is 2.40 bits per heavy atom. The molecule has 1 aliphatic heterocycles. The predicted molar refractivity (Wildman–Crippen MR) is 153 cm³/mol. The molecule has 216 valence electrons. The predicted octanol–water partition coefficient (Wildman–Crippen LogP) is 5.13. The van der Waals surface area contributed by atoms with Gasteiger partial charge in [-0.25, -0.2) is 9.37 Å². The zero-order chi connectivity index (χ0) is 29.6. The highest BCUT2D eigenvalue weighted by atomic mass is 19.1. The van der Waals surface area contributed by atoms with Crippen LogP contribution >= 0.6 is 0 Å². The first kappa shape index (κ1) is 28.4. The maximum atomic E-state index is 14.5. The molecule has 2 heterocycles. The average molecular weight is 572 g/mol. The number of hydrogen-bond donors (Lipinski definition) is 1. The van der Waals surface area contributed by atoms with Gasteiger partial charge in [-0.15, -0.1) is 0 Å². The molecule has 5 rings (SSSR count). The van der Waals surface area contributed by atoms with Gasteiger partial charge in [0, 0.05) is 31.0 Å². The van der Waals surface area contributed by atoms with Crippen molar-refractivity contribution in [1.82, 2.24) is 14.5 Å². The van der Waals surface area contributed by atoms with E-state index < -0.39 is 29.3 Å². The van der Waals surface area contributed by atoms with Crippen molar-refractivity contribution >= 4 is 17.4 Å². The molecule has 1 N–H and O–H groups in total. The summed E-state index contributed by atoms with van der Waals surface area (Å²) in [4.78, 5) is 32.2. The zero-order valence-electron chi connectivity index (χ0n) is 23.2. The molecular weight excluding hydrogens is 541 g/mol. The van der Waals surface area contributed by atoms with Crippen LogP contribution in [0.4, 0.5) is 4.39 Å². The molecule has 9 nitrogen and oxygen atoms in total. The van der Waals surface area contributed by atoms with Crippen molar-refractivity contribution in [2.24, 2.45) is 0 Å². The summed E-state index contributed by atoms with van der Waals surface area (Å²) in [6.07, 6.45) is 5.66. The van der Waals surface area contributed by atoms with Crippen LogP contribution in [0, 0.1) is 5.82 Å². The Balaban J connectivity index is 1.52. The number of hydrogen-bond acceptors (Lipinski definition) is 7. The van der Waals surface area contributed by atoms with Crippen LogP contribution in [0.1, 0.15) is 29.2 Å².